The van der Waals surface area contributed by atoms with E-state index in [0.717, 1.165) is 0 Å². The van der Waals surface area contributed by atoms with Gasteiger partial charge in [-0.05, 0) is 11.8 Å². The first-order valence-electron chi connectivity index (χ1n) is 6.13. The fourth-order valence-corrected chi connectivity index (χ4v) is 2.05. The van der Waals surface area contributed by atoms with Crippen LogP contribution in [0.5, 0.6) is 0 Å². The lowest BCUT2D eigenvalue weighted by Crippen LogP contribution is -2.31. The van der Waals surface area contributed by atoms with E-state index in [-0.39, 0.29) is 23.9 Å². The van der Waals surface area contributed by atoms with Gasteiger partial charge in [0.15, 0.2) is 0 Å². The lowest BCUT2D eigenvalue weighted by atomic mass is 9.78. The minimum Gasteiger partial charge on any atom is -0.299 e. The van der Waals surface area contributed by atoms with Crippen molar-refractivity contribution >= 4 is 11.6 Å². The fraction of sp³-hybridized carbons (Fsp3) is 0.857. The largest absolute Gasteiger partial charge is 0.299 e. The molecular weight excluding hydrogens is 200 g/mol. The highest BCUT2D eigenvalue weighted by molar-refractivity contribution is 6.02. The molecule has 0 spiro atoms. The van der Waals surface area contributed by atoms with Crippen LogP contribution in [0.15, 0.2) is 0 Å². The predicted molar refractivity (Wildman–Crippen MR) is 67.3 cm³/mol. The van der Waals surface area contributed by atoms with Crippen molar-refractivity contribution in [2.24, 2.45) is 23.2 Å². The Morgan fingerprint density at radius 1 is 0.938 bits per heavy atom. The van der Waals surface area contributed by atoms with Gasteiger partial charge < -0.3 is 0 Å². The summed E-state index contributed by atoms with van der Waals surface area (Å²) in [5, 5.41) is 0. The second-order valence-corrected chi connectivity index (χ2v) is 6.33. The molecule has 0 aromatic rings. The molecule has 0 radical (unpaired) electrons. The Kier molecular flexibility index (Phi) is 5.37. The molecule has 0 atom stereocenters. The van der Waals surface area contributed by atoms with Crippen molar-refractivity contribution in [3.05, 3.63) is 0 Å². The molecule has 0 saturated carbocycles. The van der Waals surface area contributed by atoms with Crippen LogP contribution < -0.4 is 0 Å². The van der Waals surface area contributed by atoms with Gasteiger partial charge in [0.2, 0.25) is 0 Å². The minimum atomic E-state index is -0.409. The molecule has 0 rings (SSSR count). The third kappa shape index (κ3) is 4.46. The summed E-state index contributed by atoms with van der Waals surface area (Å²) in [6, 6.07) is 0. The maximum Gasteiger partial charge on any atom is 0.145 e. The summed E-state index contributed by atoms with van der Waals surface area (Å²) in [5.41, 5.74) is -0.409. The summed E-state index contributed by atoms with van der Waals surface area (Å²) in [7, 11) is 0. The lowest BCUT2D eigenvalue weighted by Gasteiger charge is -2.24. The molecule has 0 saturated heterocycles. The van der Waals surface area contributed by atoms with Crippen LogP contribution in [0.2, 0.25) is 0 Å². The van der Waals surface area contributed by atoms with Crippen molar-refractivity contribution in [1.82, 2.24) is 0 Å². The van der Waals surface area contributed by atoms with Crippen LogP contribution in [0, 0.1) is 23.2 Å². The van der Waals surface area contributed by atoms with E-state index in [0.29, 0.717) is 11.8 Å². The van der Waals surface area contributed by atoms with Gasteiger partial charge in [-0.15, -0.1) is 0 Å². The molecule has 0 amide bonds. The number of carbonyl (C=O) groups is 2. The molecule has 0 unspecified atom stereocenters. The standard InChI is InChI=1S/C14H26O2/c1-9(2)13(10(3)4)11(15)8-12(16)14(5,6)7/h9-10,13H,8H2,1-7H3. The van der Waals surface area contributed by atoms with Gasteiger partial charge in [0.05, 0.1) is 6.42 Å². The summed E-state index contributed by atoms with van der Waals surface area (Å²) in [4.78, 5) is 23.9. The lowest BCUT2D eigenvalue weighted by molar-refractivity contribution is -0.134. The quantitative estimate of drug-likeness (QED) is 0.672. The van der Waals surface area contributed by atoms with Crippen LogP contribution >= 0.6 is 0 Å². The van der Waals surface area contributed by atoms with Crippen molar-refractivity contribution in [1.29, 1.82) is 0 Å². The Balaban J connectivity index is 4.62. The maximum atomic E-state index is 12.1. The van der Waals surface area contributed by atoms with E-state index < -0.39 is 5.41 Å². The SMILES string of the molecule is CC(C)C(C(=O)CC(=O)C(C)(C)C)C(C)C. The molecular formula is C14H26O2. The van der Waals surface area contributed by atoms with Gasteiger partial charge in [0.1, 0.15) is 11.6 Å². The van der Waals surface area contributed by atoms with Crippen molar-refractivity contribution in [2.45, 2.75) is 54.9 Å². The Bertz CT molecular complexity index is 248. The van der Waals surface area contributed by atoms with Crippen LogP contribution in [0.4, 0.5) is 0 Å². The number of hydrogen-bond acceptors (Lipinski definition) is 2. The molecule has 2 nitrogen and oxygen atoms in total. The summed E-state index contributed by atoms with van der Waals surface area (Å²) >= 11 is 0. The summed E-state index contributed by atoms with van der Waals surface area (Å²) in [5.74, 6) is 0.764. The zero-order valence-corrected chi connectivity index (χ0v) is 11.8. The number of ketones is 2. The third-order valence-electron chi connectivity index (χ3n) is 2.98. The maximum absolute atomic E-state index is 12.1. The molecule has 0 N–H and O–H groups in total. The molecule has 94 valence electrons. The van der Waals surface area contributed by atoms with Gasteiger partial charge in [0, 0.05) is 11.3 Å². The van der Waals surface area contributed by atoms with Crippen LogP contribution in [-0.4, -0.2) is 11.6 Å². The van der Waals surface area contributed by atoms with E-state index in [1.807, 2.05) is 48.5 Å². The third-order valence-corrected chi connectivity index (χ3v) is 2.98. The second kappa shape index (κ2) is 5.60. The Morgan fingerprint density at radius 3 is 1.56 bits per heavy atom. The van der Waals surface area contributed by atoms with E-state index in [2.05, 4.69) is 0 Å². The Hall–Kier alpha value is -0.660. The van der Waals surface area contributed by atoms with Crippen molar-refractivity contribution in [3.63, 3.8) is 0 Å². The molecule has 0 aliphatic carbocycles. The highest BCUT2D eigenvalue weighted by atomic mass is 16.1. The number of rotatable bonds is 5. The van der Waals surface area contributed by atoms with E-state index >= 15 is 0 Å². The van der Waals surface area contributed by atoms with Crippen molar-refractivity contribution in [2.75, 3.05) is 0 Å². The second-order valence-electron chi connectivity index (χ2n) is 6.33. The summed E-state index contributed by atoms with van der Waals surface area (Å²) < 4.78 is 0. The minimum absolute atomic E-state index is 0.00583. The van der Waals surface area contributed by atoms with E-state index in [9.17, 15) is 9.59 Å². The topological polar surface area (TPSA) is 34.1 Å². The van der Waals surface area contributed by atoms with Crippen molar-refractivity contribution in [3.8, 4) is 0 Å². The van der Waals surface area contributed by atoms with Crippen LogP contribution in [0.25, 0.3) is 0 Å². The molecule has 0 bridgehead atoms. The predicted octanol–water partition coefficient (Wildman–Crippen LogP) is 3.49. The first-order valence-corrected chi connectivity index (χ1v) is 6.13. The molecule has 2 heteroatoms. The molecule has 0 heterocycles. The number of hydrogen-bond donors (Lipinski definition) is 0. The van der Waals surface area contributed by atoms with E-state index in [1.165, 1.54) is 0 Å². The zero-order chi connectivity index (χ0) is 13.1. The molecule has 0 aliphatic heterocycles. The summed E-state index contributed by atoms with van der Waals surface area (Å²) in [6.07, 6.45) is 0.0878. The first-order chi connectivity index (χ1) is 7.07. The Labute approximate surface area is 99.8 Å². The normalized spacial score (nSPS) is 12.6. The van der Waals surface area contributed by atoms with Gasteiger partial charge in [-0.1, -0.05) is 48.5 Å². The van der Waals surface area contributed by atoms with Gasteiger partial charge in [0.25, 0.3) is 0 Å². The van der Waals surface area contributed by atoms with E-state index in [4.69, 9.17) is 0 Å². The molecule has 0 aliphatic rings. The van der Waals surface area contributed by atoms with Gasteiger partial charge >= 0.3 is 0 Å². The molecule has 0 aromatic carbocycles. The molecule has 0 fully saturated rings. The smallest absolute Gasteiger partial charge is 0.145 e. The first kappa shape index (κ1) is 15.3. The Morgan fingerprint density at radius 2 is 1.31 bits per heavy atom. The average molecular weight is 226 g/mol. The van der Waals surface area contributed by atoms with Crippen LogP contribution in [-0.2, 0) is 9.59 Å². The van der Waals surface area contributed by atoms with Crippen molar-refractivity contribution < 1.29 is 9.59 Å². The van der Waals surface area contributed by atoms with Gasteiger partial charge in [-0.2, -0.15) is 0 Å². The highest BCUT2D eigenvalue weighted by Crippen LogP contribution is 2.25. The molecule has 16 heavy (non-hydrogen) atoms. The highest BCUT2D eigenvalue weighted by Gasteiger charge is 2.30. The zero-order valence-electron chi connectivity index (χ0n) is 11.8. The monoisotopic (exact) mass is 226 g/mol. The number of Topliss-reactive ketones (excluding diaryl/α,β-unsaturated/α-hetero) is 2. The van der Waals surface area contributed by atoms with Crippen LogP contribution in [0.1, 0.15) is 54.9 Å². The fourth-order valence-electron chi connectivity index (χ4n) is 2.05. The molecule has 0 aromatic heterocycles. The van der Waals surface area contributed by atoms with E-state index in [1.54, 1.807) is 0 Å². The van der Waals surface area contributed by atoms with Gasteiger partial charge in [-0.3, -0.25) is 9.59 Å². The average Bonchev–Trinajstić information content (AvgIpc) is 1.99. The van der Waals surface area contributed by atoms with Crippen LogP contribution in [0.3, 0.4) is 0 Å². The summed E-state index contributed by atoms with van der Waals surface area (Å²) in [6.45, 7) is 13.8. The van der Waals surface area contributed by atoms with Gasteiger partial charge in [-0.25, -0.2) is 0 Å². The number of carbonyl (C=O) groups excluding carboxylic acids is 2.